The maximum absolute atomic E-state index is 12.4. The molecule has 0 unspecified atom stereocenters. The Morgan fingerprint density at radius 2 is 1.73 bits per heavy atom. The van der Waals surface area contributed by atoms with Crippen molar-refractivity contribution in [2.24, 2.45) is 0 Å². The van der Waals surface area contributed by atoms with Crippen LogP contribution in [-0.2, 0) is 6.61 Å². The van der Waals surface area contributed by atoms with Crippen LogP contribution >= 0.6 is 34.8 Å². The van der Waals surface area contributed by atoms with Gasteiger partial charge in [0.2, 0.25) is 0 Å². The van der Waals surface area contributed by atoms with Gasteiger partial charge < -0.3 is 9.15 Å². The number of furan rings is 1. The van der Waals surface area contributed by atoms with Crippen molar-refractivity contribution >= 4 is 46.4 Å². The van der Waals surface area contributed by atoms with Crippen LogP contribution in [-0.4, -0.2) is 5.91 Å². The van der Waals surface area contributed by atoms with E-state index in [4.69, 9.17) is 44.0 Å². The number of amides is 1. The standard InChI is InChI=1S/C18H13Cl3N2O3/c19-12-8-14(20)16(15(21)9-12)22-23-18(24)17-11(6-7-25-17)10-26-13-4-2-1-3-5-13/h1-9,22H,10H2,(H,23,24). The second-order valence-electron chi connectivity index (χ2n) is 5.20. The molecule has 0 aliphatic heterocycles. The first-order chi connectivity index (χ1) is 12.5. The van der Waals surface area contributed by atoms with Gasteiger partial charge in [-0.2, -0.15) is 0 Å². The van der Waals surface area contributed by atoms with E-state index in [1.807, 2.05) is 30.3 Å². The molecule has 3 rings (SSSR count). The molecule has 0 spiro atoms. The Morgan fingerprint density at radius 1 is 1.04 bits per heavy atom. The Morgan fingerprint density at radius 3 is 2.42 bits per heavy atom. The summed E-state index contributed by atoms with van der Waals surface area (Å²) >= 11 is 18.0. The number of carbonyl (C=O) groups excluding carboxylic acids is 1. The zero-order valence-corrected chi connectivity index (χ0v) is 15.5. The van der Waals surface area contributed by atoms with Gasteiger partial charge in [-0.3, -0.25) is 15.6 Å². The van der Waals surface area contributed by atoms with Crippen molar-refractivity contribution in [3.05, 3.63) is 81.2 Å². The van der Waals surface area contributed by atoms with Crippen molar-refractivity contribution in [3.8, 4) is 5.75 Å². The predicted molar refractivity (Wildman–Crippen MR) is 102 cm³/mol. The van der Waals surface area contributed by atoms with Crippen molar-refractivity contribution in [3.63, 3.8) is 0 Å². The van der Waals surface area contributed by atoms with Crippen LogP contribution in [0.25, 0.3) is 0 Å². The zero-order valence-electron chi connectivity index (χ0n) is 13.3. The minimum Gasteiger partial charge on any atom is -0.489 e. The highest BCUT2D eigenvalue weighted by Crippen LogP contribution is 2.33. The summed E-state index contributed by atoms with van der Waals surface area (Å²) in [5, 5.41) is 0.938. The van der Waals surface area contributed by atoms with Gasteiger partial charge in [0.1, 0.15) is 12.4 Å². The molecule has 0 saturated heterocycles. The van der Waals surface area contributed by atoms with Gasteiger partial charge in [-0.05, 0) is 30.3 Å². The topological polar surface area (TPSA) is 63.5 Å². The molecule has 2 aromatic carbocycles. The number of ether oxygens (including phenoxy) is 1. The van der Waals surface area contributed by atoms with Crippen molar-refractivity contribution in [1.82, 2.24) is 5.43 Å². The third-order valence-electron chi connectivity index (χ3n) is 3.40. The average Bonchev–Trinajstić information content (AvgIpc) is 3.08. The maximum atomic E-state index is 12.4. The SMILES string of the molecule is O=C(NNc1c(Cl)cc(Cl)cc1Cl)c1occc1COc1ccccc1. The first-order valence-corrected chi connectivity index (χ1v) is 8.63. The molecule has 0 radical (unpaired) electrons. The lowest BCUT2D eigenvalue weighted by atomic mass is 10.2. The van der Waals surface area contributed by atoms with E-state index in [9.17, 15) is 4.79 Å². The summed E-state index contributed by atoms with van der Waals surface area (Å²) in [7, 11) is 0. The maximum Gasteiger partial charge on any atom is 0.305 e. The van der Waals surface area contributed by atoms with Gasteiger partial charge >= 0.3 is 5.91 Å². The quantitative estimate of drug-likeness (QED) is 0.520. The summed E-state index contributed by atoms with van der Waals surface area (Å²) in [5.74, 6) is 0.316. The largest absolute Gasteiger partial charge is 0.489 e. The van der Waals surface area contributed by atoms with Gasteiger partial charge in [0.25, 0.3) is 0 Å². The molecule has 2 N–H and O–H groups in total. The fourth-order valence-electron chi connectivity index (χ4n) is 2.16. The van der Waals surface area contributed by atoms with Gasteiger partial charge in [0.15, 0.2) is 5.76 Å². The summed E-state index contributed by atoms with van der Waals surface area (Å²) < 4.78 is 10.9. The van der Waals surface area contributed by atoms with Crippen LogP contribution in [0.2, 0.25) is 15.1 Å². The lowest BCUT2D eigenvalue weighted by Gasteiger charge is -2.12. The zero-order chi connectivity index (χ0) is 18.5. The van der Waals surface area contributed by atoms with Gasteiger partial charge in [-0.15, -0.1) is 0 Å². The van der Waals surface area contributed by atoms with Crippen LogP contribution < -0.4 is 15.6 Å². The minimum atomic E-state index is -0.497. The van der Waals surface area contributed by atoms with Gasteiger partial charge in [-0.25, -0.2) is 0 Å². The van der Waals surface area contributed by atoms with E-state index >= 15 is 0 Å². The van der Waals surface area contributed by atoms with Crippen LogP contribution in [0, 0.1) is 0 Å². The molecule has 26 heavy (non-hydrogen) atoms. The second kappa shape index (κ2) is 8.36. The van der Waals surface area contributed by atoms with Crippen LogP contribution in [0.3, 0.4) is 0 Å². The number of hydrazine groups is 1. The van der Waals surface area contributed by atoms with Crippen molar-refractivity contribution in [1.29, 1.82) is 0 Å². The molecule has 0 fully saturated rings. The number of anilines is 1. The molecule has 1 amide bonds. The smallest absolute Gasteiger partial charge is 0.305 e. The number of hydrogen-bond donors (Lipinski definition) is 2. The Hall–Kier alpha value is -2.34. The highest BCUT2D eigenvalue weighted by atomic mass is 35.5. The molecule has 3 aromatic rings. The van der Waals surface area contributed by atoms with E-state index in [1.54, 1.807) is 6.07 Å². The lowest BCUT2D eigenvalue weighted by molar-refractivity contribution is 0.0932. The van der Waals surface area contributed by atoms with Crippen molar-refractivity contribution in [2.45, 2.75) is 6.61 Å². The number of halogens is 3. The van der Waals surface area contributed by atoms with Crippen molar-refractivity contribution in [2.75, 3.05) is 5.43 Å². The highest BCUT2D eigenvalue weighted by Gasteiger charge is 2.17. The fraction of sp³-hybridized carbons (Fsp3) is 0.0556. The molecule has 0 aliphatic carbocycles. The molecule has 0 saturated carbocycles. The Kier molecular flexibility index (Phi) is 5.93. The monoisotopic (exact) mass is 410 g/mol. The molecule has 8 heteroatoms. The van der Waals surface area contributed by atoms with Crippen LogP contribution in [0.5, 0.6) is 5.75 Å². The van der Waals surface area contributed by atoms with E-state index in [-0.39, 0.29) is 22.4 Å². The number of nitrogens with one attached hydrogen (secondary N) is 2. The van der Waals surface area contributed by atoms with Crippen molar-refractivity contribution < 1.29 is 13.9 Å². The molecule has 1 aromatic heterocycles. The Labute approximate surface area is 164 Å². The molecule has 5 nitrogen and oxygen atoms in total. The molecular formula is C18H13Cl3N2O3. The predicted octanol–water partition coefficient (Wildman–Crippen LogP) is 5.58. The van der Waals surface area contributed by atoms with E-state index < -0.39 is 5.91 Å². The normalized spacial score (nSPS) is 10.4. The summed E-state index contributed by atoms with van der Waals surface area (Å²) in [6.45, 7) is 0.186. The molecule has 0 bridgehead atoms. The van der Waals surface area contributed by atoms with E-state index in [0.717, 1.165) is 0 Å². The van der Waals surface area contributed by atoms with E-state index in [0.29, 0.717) is 22.0 Å². The first kappa shape index (κ1) is 18.5. The number of para-hydroxylation sites is 1. The summed E-state index contributed by atoms with van der Waals surface area (Å²) in [6, 6.07) is 14.0. The third kappa shape index (κ3) is 4.43. The third-order valence-corrected chi connectivity index (χ3v) is 4.21. The van der Waals surface area contributed by atoms with Gasteiger partial charge in [0, 0.05) is 10.6 Å². The summed E-state index contributed by atoms with van der Waals surface area (Å²) in [4.78, 5) is 12.4. The Bertz CT molecular complexity index is 890. The van der Waals surface area contributed by atoms with Gasteiger partial charge in [-0.1, -0.05) is 53.0 Å². The second-order valence-corrected chi connectivity index (χ2v) is 6.45. The molecule has 134 valence electrons. The average molecular weight is 412 g/mol. The molecule has 0 aliphatic rings. The number of carbonyl (C=O) groups is 1. The Balaban J connectivity index is 1.65. The number of rotatable bonds is 6. The number of benzene rings is 2. The van der Waals surface area contributed by atoms with Crippen LogP contribution in [0.4, 0.5) is 5.69 Å². The van der Waals surface area contributed by atoms with E-state index in [2.05, 4.69) is 10.9 Å². The molecule has 0 atom stereocenters. The number of hydrogen-bond acceptors (Lipinski definition) is 4. The highest BCUT2D eigenvalue weighted by molar-refractivity contribution is 6.41. The minimum absolute atomic E-state index is 0.120. The fourth-order valence-corrected chi connectivity index (χ4v) is 3.08. The lowest BCUT2D eigenvalue weighted by Crippen LogP contribution is -2.30. The molecule has 1 heterocycles. The first-order valence-electron chi connectivity index (χ1n) is 7.49. The van der Waals surface area contributed by atoms with Gasteiger partial charge in [0.05, 0.1) is 22.0 Å². The summed E-state index contributed by atoms with van der Waals surface area (Å²) in [5.41, 5.74) is 6.10. The molecular weight excluding hydrogens is 399 g/mol. The summed E-state index contributed by atoms with van der Waals surface area (Å²) in [6.07, 6.45) is 1.42. The van der Waals surface area contributed by atoms with Crippen LogP contribution in [0.1, 0.15) is 16.1 Å². The van der Waals surface area contributed by atoms with E-state index in [1.165, 1.54) is 18.4 Å². The van der Waals surface area contributed by atoms with Crippen LogP contribution in [0.15, 0.2) is 59.2 Å².